The van der Waals surface area contributed by atoms with E-state index in [0.29, 0.717) is 39.8 Å². The number of benzene rings is 2. The summed E-state index contributed by atoms with van der Waals surface area (Å²) in [5.41, 5.74) is 2.44. The molecule has 0 saturated carbocycles. The SMILES string of the molecule is Cc1c(C(O)=C2C(=O)C(=O)N(CCCN(C)C)[C@H]2c2ccc(Cl)c(Cl)c2)cnn1-c1ccccc1. The van der Waals surface area contributed by atoms with E-state index < -0.39 is 17.7 Å². The Morgan fingerprint density at radius 2 is 1.80 bits per heavy atom. The molecule has 1 amide bonds. The Bertz CT molecular complexity index is 1300. The number of carbonyl (C=O) groups excluding carboxylic acids is 2. The molecule has 1 N–H and O–H groups in total. The predicted octanol–water partition coefficient (Wildman–Crippen LogP) is 4.86. The number of hydrogen-bond acceptors (Lipinski definition) is 5. The maximum absolute atomic E-state index is 13.2. The van der Waals surface area contributed by atoms with Crippen LogP contribution in [0.5, 0.6) is 0 Å². The maximum Gasteiger partial charge on any atom is 0.295 e. The molecule has 35 heavy (non-hydrogen) atoms. The van der Waals surface area contributed by atoms with Crippen molar-refractivity contribution in [3.05, 3.63) is 87.2 Å². The molecular formula is C26H26Cl2N4O3. The zero-order chi connectivity index (χ0) is 25.3. The average molecular weight is 513 g/mol. The zero-order valence-electron chi connectivity index (χ0n) is 19.7. The van der Waals surface area contributed by atoms with Gasteiger partial charge in [-0.25, -0.2) is 4.68 Å². The highest BCUT2D eigenvalue weighted by Crippen LogP contribution is 2.41. The quantitative estimate of drug-likeness (QED) is 0.277. The first-order chi connectivity index (χ1) is 16.7. The average Bonchev–Trinajstić information content (AvgIpc) is 3.33. The molecule has 1 fully saturated rings. The summed E-state index contributed by atoms with van der Waals surface area (Å²) in [6, 6.07) is 13.6. The molecule has 2 heterocycles. The third-order valence-electron chi connectivity index (χ3n) is 6.07. The van der Waals surface area contributed by atoms with Crippen molar-refractivity contribution in [1.82, 2.24) is 19.6 Å². The monoisotopic (exact) mass is 512 g/mol. The molecule has 0 radical (unpaired) electrons. The van der Waals surface area contributed by atoms with Crippen LogP contribution in [0, 0.1) is 6.92 Å². The summed E-state index contributed by atoms with van der Waals surface area (Å²) in [5.74, 6) is -1.67. The van der Waals surface area contributed by atoms with E-state index in [-0.39, 0.29) is 11.3 Å². The van der Waals surface area contributed by atoms with Gasteiger partial charge in [-0.2, -0.15) is 5.10 Å². The number of nitrogens with zero attached hydrogens (tertiary/aromatic N) is 4. The summed E-state index contributed by atoms with van der Waals surface area (Å²) in [4.78, 5) is 29.9. The molecule has 1 aliphatic rings. The molecule has 4 rings (SSSR count). The van der Waals surface area contributed by atoms with Gasteiger partial charge in [0.25, 0.3) is 11.7 Å². The zero-order valence-corrected chi connectivity index (χ0v) is 21.2. The van der Waals surface area contributed by atoms with Crippen LogP contribution in [-0.2, 0) is 9.59 Å². The summed E-state index contributed by atoms with van der Waals surface area (Å²) < 4.78 is 1.68. The molecule has 7 nitrogen and oxygen atoms in total. The van der Waals surface area contributed by atoms with Crippen LogP contribution in [0.2, 0.25) is 10.0 Å². The number of amides is 1. The van der Waals surface area contributed by atoms with Crippen LogP contribution < -0.4 is 0 Å². The Morgan fingerprint density at radius 1 is 1.09 bits per heavy atom. The Balaban J connectivity index is 1.83. The highest BCUT2D eigenvalue weighted by atomic mass is 35.5. The number of likely N-dealkylation sites (tertiary alicyclic amines) is 1. The number of aliphatic hydroxyl groups is 1. The first-order valence-corrected chi connectivity index (χ1v) is 11.9. The van der Waals surface area contributed by atoms with Crippen LogP contribution in [0.3, 0.4) is 0 Å². The Kier molecular flexibility index (Phi) is 7.31. The van der Waals surface area contributed by atoms with Crippen molar-refractivity contribution >= 4 is 40.7 Å². The molecule has 1 atom stereocenters. The highest BCUT2D eigenvalue weighted by Gasteiger charge is 2.46. The van der Waals surface area contributed by atoms with E-state index in [9.17, 15) is 14.7 Å². The fraction of sp³-hybridized carbons (Fsp3) is 0.269. The van der Waals surface area contributed by atoms with Gasteiger partial charge in [-0.1, -0.05) is 47.5 Å². The van der Waals surface area contributed by atoms with Gasteiger partial charge in [0.15, 0.2) is 0 Å². The number of hydrogen-bond donors (Lipinski definition) is 1. The van der Waals surface area contributed by atoms with Crippen LogP contribution in [0.4, 0.5) is 0 Å². The van der Waals surface area contributed by atoms with Gasteiger partial charge in [0.05, 0.1) is 44.8 Å². The second-order valence-electron chi connectivity index (χ2n) is 8.71. The molecule has 0 unspecified atom stereocenters. The van der Waals surface area contributed by atoms with Crippen molar-refractivity contribution in [2.75, 3.05) is 27.2 Å². The number of Topliss-reactive ketones (excluding diaryl/α,β-unsaturated/α-hetero) is 1. The van der Waals surface area contributed by atoms with Crippen LogP contribution in [-0.4, -0.2) is 63.6 Å². The van der Waals surface area contributed by atoms with Crippen LogP contribution in [0.15, 0.2) is 60.3 Å². The minimum atomic E-state index is -0.800. The largest absolute Gasteiger partial charge is 0.507 e. The van der Waals surface area contributed by atoms with Gasteiger partial charge < -0.3 is 14.9 Å². The Labute approximate surface area is 214 Å². The van der Waals surface area contributed by atoms with Gasteiger partial charge in [-0.3, -0.25) is 9.59 Å². The normalized spacial score (nSPS) is 17.5. The van der Waals surface area contributed by atoms with Crippen molar-refractivity contribution in [2.45, 2.75) is 19.4 Å². The van der Waals surface area contributed by atoms with E-state index >= 15 is 0 Å². The van der Waals surface area contributed by atoms with E-state index in [4.69, 9.17) is 23.2 Å². The van der Waals surface area contributed by atoms with E-state index in [0.717, 1.165) is 12.2 Å². The summed E-state index contributed by atoms with van der Waals surface area (Å²) in [7, 11) is 3.88. The van der Waals surface area contributed by atoms with E-state index in [1.165, 1.54) is 11.1 Å². The third-order valence-corrected chi connectivity index (χ3v) is 6.81. The molecule has 9 heteroatoms. The number of aromatic nitrogens is 2. The second kappa shape index (κ2) is 10.2. The number of ketones is 1. The van der Waals surface area contributed by atoms with Gasteiger partial charge in [0.2, 0.25) is 0 Å². The fourth-order valence-corrected chi connectivity index (χ4v) is 4.62. The van der Waals surface area contributed by atoms with Gasteiger partial charge in [0.1, 0.15) is 5.76 Å². The van der Waals surface area contributed by atoms with Crippen molar-refractivity contribution in [3.8, 4) is 5.69 Å². The molecular weight excluding hydrogens is 487 g/mol. The van der Waals surface area contributed by atoms with Crippen molar-refractivity contribution in [3.63, 3.8) is 0 Å². The Hall–Kier alpha value is -3.13. The number of rotatable bonds is 7. The molecule has 3 aromatic rings. The summed E-state index contributed by atoms with van der Waals surface area (Å²) in [6.07, 6.45) is 2.16. The minimum absolute atomic E-state index is 0.00829. The summed E-state index contributed by atoms with van der Waals surface area (Å²) >= 11 is 12.4. The number of halogens is 2. The first kappa shape index (κ1) is 25.0. The summed E-state index contributed by atoms with van der Waals surface area (Å²) in [5, 5.41) is 16.5. The van der Waals surface area contributed by atoms with Gasteiger partial charge in [-0.05, 0) is 63.8 Å². The molecule has 1 aliphatic heterocycles. The van der Waals surface area contributed by atoms with E-state index in [2.05, 4.69) is 5.10 Å². The lowest BCUT2D eigenvalue weighted by atomic mass is 9.95. The number of aliphatic hydroxyl groups excluding tert-OH is 1. The van der Waals surface area contributed by atoms with Crippen molar-refractivity contribution < 1.29 is 14.7 Å². The molecule has 182 valence electrons. The molecule has 0 spiro atoms. The minimum Gasteiger partial charge on any atom is -0.507 e. The Morgan fingerprint density at radius 3 is 2.46 bits per heavy atom. The summed E-state index contributed by atoms with van der Waals surface area (Å²) in [6.45, 7) is 2.88. The van der Waals surface area contributed by atoms with Crippen LogP contribution in [0.25, 0.3) is 11.4 Å². The number of carbonyl (C=O) groups is 2. The standard InChI is InChI=1S/C26H26Cl2N4O3/c1-16-19(15-29-32(16)18-8-5-4-6-9-18)24(33)22-23(17-10-11-20(27)21(28)14-17)31(26(35)25(22)34)13-7-12-30(2)3/h4-6,8-11,14-15,23,33H,7,12-13H2,1-3H3/t23-/m0/s1. The predicted molar refractivity (Wildman–Crippen MR) is 137 cm³/mol. The second-order valence-corrected chi connectivity index (χ2v) is 9.53. The van der Waals surface area contributed by atoms with Crippen LogP contribution in [0.1, 0.15) is 29.3 Å². The van der Waals surface area contributed by atoms with Gasteiger partial charge in [0, 0.05) is 6.54 Å². The van der Waals surface area contributed by atoms with Gasteiger partial charge in [-0.15, -0.1) is 0 Å². The fourth-order valence-electron chi connectivity index (χ4n) is 4.31. The van der Waals surface area contributed by atoms with Gasteiger partial charge >= 0.3 is 0 Å². The molecule has 1 saturated heterocycles. The van der Waals surface area contributed by atoms with E-state index in [1.54, 1.807) is 29.8 Å². The van der Waals surface area contributed by atoms with Crippen LogP contribution >= 0.6 is 23.2 Å². The topological polar surface area (TPSA) is 78.7 Å². The third kappa shape index (κ3) is 4.85. The lowest BCUT2D eigenvalue weighted by Crippen LogP contribution is -2.32. The molecule has 0 bridgehead atoms. The van der Waals surface area contributed by atoms with E-state index in [1.807, 2.05) is 49.3 Å². The maximum atomic E-state index is 13.2. The smallest absolute Gasteiger partial charge is 0.295 e. The lowest BCUT2D eigenvalue weighted by molar-refractivity contribution is -0.139. The molecule has 1 aromatic heterocycles. The molecule has 0 aliphatic carbocycles. The molecule has 2 aromatic carbocycles. The van der Waals surface area contributed by atoms with Crippen molar-refractivity contribution in [1.29, 1.82) is 0 Å². The first-order valence-electron chi connectivity index (χ1n) is 11.2. The lowest BCUT2D eigenvalue weighted by Gasteiger charge is -2.26. The number of para-hydroxylation sites is 1. The highest BCUT2D eigenvalue weighted by molar-refractivity contribution is 6.46. The van der Waals surface area contributed by atoms with Crippen molar-refractivity contribution in [2.24, 2.45) is 0 Å².